The number of benzene rings is 2. The van der Waals surface area contributed by atoms with Gasteiger partial charge in [-0.3, -0.25) is 4.79 Å². The Bertz CT molecular complexity index is 925. The van der Waals surface area contributed by atoms with Crippen molar-refractivity contribution in [2.75, 3.05) is 10.6 Å². The molecule has 1 aromatic heterocycles. The zero-order valence-electron chi connectivity index (χ0n) is 14.6. The molecule has 3 aromatic rings. The van der Waals surface area contributed by atoms with Crippen LogP contribution in [0.1, 0.15) is 28.5 Å². The Morgan fingerprint density at radius 2 is 1.92 bits per heavy atom. The van der Waals surface area contributed by atoms with Crippen LogP contribution in [0, 0.1) is 6.92 Å². The lowest BCUT2D eigenvalue weighted by molar-refractivity contribution is 0.102. The van der Waals surface area contributed by atoms with Gasteiger partial charge in [0.05, 0.1) is 12.4 Å². The van der Waals surface area contributed by atoms with Crippen LogP contribution in [0.5, 0.6) is 0 Å². The van der Waals surface area contributed by atoms with Crippen molar-refractivity contribution in [3.8, 4) is 0 Å². The second-order valence-electron chi connectivity index (χ2n) is 5.84. The number of hydrogen-bond acceptors (Lipinski definition) is 4. The van der Waals surface area contributed by atoms with Crippen molar-refractivity contribution >= 4 is 34.7 Å². The molecule has 0 saturated carbocycles. The monoisotopic (exact) mass is 366 g/mol. The molecule has 1 heterocycles. The number of aromatic nitrogens is 2. The molecular weight excluding hydrogens is 348 g/mol. The Balaban J connectivity index is 1.70. The van der Waals surface area contributed by atoms with Gasteiger partial charge in [0.1, 0.15) is 11.5 Å². The van der Waals surface area contributed by atoms with Crippen LogP contribution in [-0.4, -0.2) is 15.9 Å². The molecule has 0 saturated heterocycles. The lowest BCUT2D eigenvalue weighted by atomic mass is 10.1. The maximum absolute atomic E-state index is 12.3. The van der Waals surface area contributed by atoms with E-state index in [4.69, 9.17) is 11.6 Å². The smallest absolute Gasteiger partial charge is 0.275 e. The number of anilines is 3. The zero-order chi connectivity index (χ0) is 18.5. The van der Waals surface area contributed by atoms with E-state index in [2.05, 4.69) is 33.6 Å². The predicted octanol–water partition coefficient (Wildman–Crippen LogP) is 5.00. The van der Waals surface area contributed by atoms with Gasteiger partial charge in [0, 0.05) is 16.4 Å². The van der Waals surface area contributed by atoms with E-state index in [1.807, 2.05) is 31.2 Å². The number of halogens is 1. The van der Waals surface area contributed by atoms with Crippen molar-refractivity contribution in [2.45, 2.75) is 20.3 Å². The third kappa shape index (κ3) is 4.18. The summed E-state index contributed by atoms with van der Waals surface area (Å²) in [5.74, 6) is 0.249. The molecule has 0 atom stereocenters. The Morgan fingerprint density at radius 1 is 1.12 bits per heavy atom. The van der Waals surface area contributed by atoms with Crippen LogP contribution >= 0.6 is 11.6 Å². The SMILES string of the molecule is CCc1ccccc1Nc1cnc(C(=O)Nc2ccc(C)c(Cl)c2)cn1. The minimum absolute atomic E-state index is 0.232. The number of amides is 1. The average Bonchev–Trinajstić information content (AvgIpc) is 2.66. The number of rotatable bonds is 5. The fourth-order valence-electron chi connectivity index (χ4n) is 2.46. The molecule has 2 N–H and O–H groups in total. The second kappa shape index (κ2) is 7.97. The number of hydrogen-bond donors (Lipinski definition) is 2. The molecule has 26 heavy (non-hydrogen) atoms. The molecule has 0 spiro atoms. The zero-order valence-corrected chi connectivity index (χ0v) is 15.3. The lowest BCUT2D eigenvalue weighted by Gasteiger charge is -2.10. The van der Waals surface area contributed by atoms with E-state index in [0.29, 0.717) is 16.5 Å². The van der Waals surface area contributed by atoms with Crippen molar-refractivity contribution in [1.29, 1.82) is 0 Å². The number of nitrogens with one attached hydrogen (secondary N) is 2. The summed E-state index contributed by atoms with van der Waals surface area (Å²) in [6.45, 7) is 4.00. The van der Waals surface area contributed by atoms with Gasteiger partial charge in [0.15, 0.2) is 0 Å². The first kappa shape index (κ1) is 17.9. The highest BCUT2D eigenvalue weighted by molar-refractivity contribution is 6.31. The highest BCUT2D eigenvalue weighted by Crippen LogP contribution is 2.21. The van der Waals surface area contributed by atoms with Crippen LogP contribution < -0.4 is 10.6 Å². The fraction of sp³-hybridized carbons (Fsp3) is 0.150. The van der Waals surface area contributed by atoms with E-state index in [-0.39, 0.29) is 11.6 Å². The Hall–Kier alpha value is -2.92. The van der Waals surface area contributed by atoms with Gasteiger partial charge in [-0.15, -0.1) is 0 Å². The molecule has 0 aliphatic heterocycles. The summed E-state index contributed by atoms with van der Waals surface area (Å²) in [6.07, 6.45) is 3.90. The molecule has 0 aliphatic rings. The van der Waals surface area contributed by atoms with Crippen molar-refractivity contribution < 1.29 is 4.79 Å². The molecule has 0 unspecified atom stereocenters. The van der Waals surface area contributed by atoms with E-state index in [1.165, 1.54) is 11.8 Å². The van der Waals surface area contributed by atoms with E-state index in [0.717, 1.165) is 17.7 Å². The molecule has 132 valence electrons. The summed E-state index contributed by atoms with van der Waals surface area (Å²) in [5.41, 5.74) is 3.97. The molecule has 1 amide bonds. The number of nitrogens with zero attached hydrogens (tertiary/aromatic N) is 2. The van der Waals surface area contributed by atoms with E-state index < -0.39 is 0 Å². The topological polar surface area (TPSA) is 66.9 Å². The normalized spacial score (nSPS) is 10.4. The Labute approximate surface area is 157 Å². The largest absolute Gasteiger partial charge is 0.339 e. The van der Waals surface area contributed by atoms with Gasteiger partial charge in [-0.25, -0.2) is 9.97 Å². The van der Waals surface area contributed by atoms with E-state index >= 15 is 0 Å². The van der Waals surface area contributed by atoms with Gasteiger partial charge < -0.3 is 10.6 Å². The van der Waals surface area contributed by atoms with Crippen molar-refractivity contribution in [3.63, 3.8) is 0 Å². The highest BCUT2D eigenvalue weighted by Gasteiger charge is 2.10. The van der Waals surface area contributed by atoms with E-state index in [1.54, 1.807) is 18.3 Å². The first-order chi connectivity index (χ1) is 12.6. The molecule has 0 fully saturated rings. The summed E-state index contributed by atoms with van der Waals surface area (Å²) in [7, 11) is 0. The summed E-state index contributed by atoms with van der Waals surface area (Å²) < 4.78 is 0. The Morgan fingerprint density at radius 3 is 2.62 bits per heavy atom. The Kier molecular flexibility index (Phi) is 5.49. The van der Waals surface area contributed by atoms with Crippen LogP contribution in [0.25, 0.3) is 0 Å². The third-order valence-corrected chi connectivity index (χ3v) is 4.38. The van der Waals surface area contributed by atoms with Gasteiger partial charge in [-0.1, -0.05) is 42.8 Å². The highest BCUT2D eigenvalue weighted by atomic mass is 35.5. The van der Waals surface area contributed by atoms with Crippen LogP contribution in [0.2, 0.25) is 5.02 Å². The number of carbonyl (C=O) groups excluding carboxylic acids is 1. The van der Waals surface area contributed by atoms with Crippen LogP contribution in [0.15, 0.2) is 54.9 Å². The number of carbonyl (C=O) groups is 1. The van der Waals surface area contributed by atoms with Gasteiger partial charge >= 0.3 is 0 Å². The first-order valence-corrected chi connectivity index (χ1v) is 8.69. The van der Waals surface area contributed by atoms with Gasteiger partial charge in [0.2, 0.25) is 0 Å². The minimum atomic E-state index is -0.335. The third-order valence-electron chi connectivity index (χ3n) is 3.98. The maximum atomic E-state index is 12.3. The van der Waals surface area contributed by atoms with Crippen molar-refractivity contribution in [3.05, 3.63) is 76.7 Å². The first-order valence-electron chi connectivity index (χ1n) is 8.31. The standard InChI is InChI=1S/C20H19ClN4O/c1-3-14-6-4-5-7-17(14)25-19-12-22-18(11-23-19)20(26)24-15-9-8-13(2)16(21)10-15/h4-12H,3H2,1-2H3,(H,23,25)(H,24,26). The number of aryl methyl sites for hydroxylation is 2. The molecule has 6 heteroatoms. The molecule has 0 aliphatic carbocycles. The molecule has 0 bridgehead atoms. The van der Waals surface area contributed by atoms with Crippen molar-refractivity contribution in [2.24, 2.45) is 0 Å². The summed E-state index contributed by atoms with van der Waals surface area (Å²) >= 11 is 6.08. The van der Waals surface area contributed by atoms with Gasteiger partial charge in [-0.05, 0) is 42.7 Å². The second-order valence-corrected chi connectivity index (χ2v) is 6.25. The van der Waals surface area contributed by atoms with Crippen LogP contribution in [0.3, 0.4) is 0 Å². The quantitative estimate of drug-likeness (QED) is 0.667. The van der Waals surface area contributed by atoms with Gasteiger partial charge in [-0.2, -0.15) is 0 Å². The predicted molar refractivity (Wildman–Crippen MR) is 105 cm³/mol. The van der Waals surface area contributed by atoms with Gasteiger partial charge in [0.25, 0.3) is 5.91 Å². The molecule has 0 radical (unpaired) electrons. The summed E-state index contributed by atoms with van der Waals surface area (Å²) in [6, 6.07) is 13.4. The summed E-state index contributed by atoms with van der Waals surface area (Å²) in [5, 5.41) is 6.60. The van der Waals surface area contributed by atoms with E-state index in [9.17, 15) is 4.79 Å². The summed E-state index contributed by atoms with van der Waals surface area (Å²) in [4.78, 5) is 20.8. The fourth-order valence-corrected chi connectivity index (χ4v) is 2.64. The lowest BCUT2D eigenvalue weighted by Crippen LogP contribution is -2.14. The van der Waals surface area contributed by atoms with Crippen LogP contribution in [-0.2, 0) is 6.42 Å². The van der Waals surface area contributed by atoms with Crippen molar-refractivity contribution in [1.82, 2.24) is 9.97 Å². The molecular formula is C20H19ClN4O. The molecule has 2 aromatic carbocycles. The minimum Gasteiger partial charge on any atom is -0.339 e. The van der Waals surface area contributed by atoms with Crippen LogP contribution in [0.4, 0.5) is 17.2 Å². The average molecular weight is 367 g/mol. The number of para-hydroxylation sites is 1. The maximum Gasteiger partial charge on any atom is 0.275 e. The molecule has 5 nitrogen and oxygen atoms in total. The molecule has 3 rings (SSSR count).